The van der Waals surface area contributed by atoms with Gasteiger partial charge in [0.2, 0.25) is 0 Å². The molecule has 2 N–H and O–H groups in total. The van der Waals surface area contributed by atoms with E-state index in [1.807, 2.05) is 7.11 Å². The molecule has 0 aromatic heterocycles. The fourth-order valence-electron chi connectivity index (χ4n) is 3.71. The van der Waals surface area contributed by atoms with Gasteiger partial charge in [-0.3, -0.25) is 0 Å². The van der Waals surface area contributed by atoms with Crippen molar-refractivity contribution in [3.63, 3.8) is 0 Å². The number of nitrogens with zero attached hydrogens (tertiary/aromatic N) is 1. The fourth-order valence-corrected chi connectivity index (χ4v) is 3.71. The highest BCUT2D eigenvalue weighted by atomic mass is 16.5. The third kappa shape index (κ3) is 2.41. The van der Waals surface area contributed by atoms with Crippen molar-refractivity contribution in [2.45, 2.75) is 32.1 Å². The minimum absolute atomic E-state index is 0.588. The molecule has 2 rings (SSSR count). The van der Waals surface area contributed by atoms with Gasteiger partial charge < -0.3 is 15.4 Å². The van der Waals surface area contributed by atoms with Gasteiger partial charge in [-0.25, -0.2) is 0 Å². The van der Waals surface area contributed by atoms with Crippen LogP contribution >= 0.6 is 0 Å². The van der Waals surface area contributed by atoms with Gasteiger partial charge >= 0.3 is 0 Å². The maximum Gasteiger partial charge on any atom is 0.0508 e. The second-order valence-electron chi connectivity index (χ2n) is 5.60. The Kier molecular flexibility index (Phi) is 4.22. The lowest BCUT2D eigenvalue weighted by atomic mass is 9.77. The van der Waals surface area contributed by atoms with Gasteiger partial charge in [0.25, 0.3) is 0 Å². The zero-order valence-electron chi connectivity index (χ0n) is 10.6. The first-order valence-electron chi connectivity index (χ1n) is 6.72. The molecule has 1 saturated carbocycles. The predicted octanol–water partition coefficient (Wildman–Crippen LogP) is 1.47. The van der Waals surface area contributed by atoms with Crippen LogP contribution in [0.15, 0.2) is 0 Å². The maximum atomic E-state index is 5.59. The van der Waals surface area contributed by atoms with Gasteiger partial charge in [0, 0.05) is 26.1 Å². The number of hydrogen-bond acceptors (Lipinski definition) is 3. The van der Waals surface area contributed by atoms with E-state index >= 15 is 0 Å². The van der Waals surface area contributed by atoms with Gasteiger partial charge in [-0.15, -0.1) is 0 Å². The molecule has 2 aliphatic rings. The first-order chi connectivity index (χ1) is 7.80. The summed E-state index contributed by atoms with van der Waals surface area (Å²) in [6.07, 6.45) is 6.81. The number of rotatable bonds is 5. The number of nitrogens with two attached hydrogens (primary N) is 1. The Morgan fingerprint density at radius 1 is 1.38 bits per heavy atom. The number of methoxy groups -OCH3 is 1. The van der Waals surface area contributed by atoms with Crippen LogP contribution in [-0.2, 0) is 4.74 Å². The number of hydrogen-bond donors (Lipinski definition) is 1. The molecule has 3 nitrogen and oxygen atoms in total. The first-order valence-corrected chi connectivity index (χ1v) is 6.72. The van der Waals surface area contributed by atoms with Gasteiger partial charge in [-0.2, -0.15) is 0 Å². The summed E-state index contributed by atoms with van der Waals surface area (Å²) >= 11 is 0. The summed E-state index contributed by atoms with van der Waals surface area (Å²) in [6, 6.07) is 0. The van der Waals surface area contributed by atoms with Crippen LogP contribution in [0.5, 0.6) is 0 Å². The van der Waals surface area contributed by atoms with Crippen LogP contribution in [-0.4, -0.2) is 44.8 Å². The van der Waals surface area contributed by atoms with E-state index in [1.165, 1.54) is 45.3 Å². The normalized spacial score (nSPS) is 29.2. The molecule has 1 atom stereocenters. The SMILES string of the molecule is COC[C@@H]1CN(CCCN)CC12CCCC2. The van der Waals surface area contributed by atoms with Crippen molar-refractivity contribution in [3.8, 4) is 0 Å². The third-order valence-corrected chi connectivity index (χ3v) is 4.53. The highest BCUT2D eigenvalue weighted by Gasteiger charge is 2.47. The van der Waals surface area contributed by atoms with E-state index in [0.717, 1.165) is 25.5 Å². The Hall–Kier alpha value is -0.120. The lowest BCUT2D eigenvalue weighted by Crippen LogP contribution is -2.30. The molecular weight excluding hydrogens is 200 g/mol. The Morgan fingerprint density at radius 2 is 2.12 bits per heavy atom. The maximum absolute atomic E-state index is 5.59. The second kappa shape index (κ2) is 5.48. The van der Waals surface area contributed by atoms with Crippen molar-refractivity contribution in [1.29, 1.82) is 0 Å². The minimum atomic E-state index is 0.588. The molecule has 1 spiro atoms. The summed E-state index contributed by atoms with van der Waals surface area (Å²) in [5.74, 6) is 0.762. The van der Waals surface area contributed by atoms with E-state index in [2.05, 4.69) is 4.90 Å². The van der Waals surface area contributed by atoms with Crippen molar-refractivity contribution in [1.82, 2.24) is 4.90 Å². The van der Waals surface area contributed by atoms with Gasteiger partial charge in [-0.1, -0.05) is 12.8 Å². The topological polar surface area (TPSA) is 38.5 Å². The van der Waals surface area contributed by atoms with Crippen LogP contribution in [0.4, 0.5) is 0 Å². The molecule has 1 aliphatic heterocycles. The zero-order chi connectivity index (χ0) is 11.4. The average Bonchev–Trinajstić information content (AvgIpc) is 2.87. The van der Waals surface area contributed by atoms with Crippen molar-refractivity contribution < 1.29 is 4.74 Å². The average molecular weight is 226 g/mol. The van der Waals surface area contributed by atoms with Gasteiger partial charge in [-0.05, 0) is 37.8 Å². The first kappa shape index (κ1) is 12.3. The molecule has 0 radical (unpaired) electrons. The van der Waals surface area contributed by atoms with Gasteiger partial charge in [0.1, 0.15) is 0 Å². The van der Waals surface area contributed by atoms with Crippen molar-refractivity contribution in [3.05, 3.63) is 0 Å². The quantitative estimate of drug-likeness (QED) is 0.771. The fraction of sp³-hybridized carbons (Fsp3) is 1.00. The largest absolute Gasteiger partial charge is 0.384 e. The molecule has 0 aromatic rings. The zero-order valence-corrected chi connectivity index (χ0v) is 10.6. The molecule has 2 fully saturated rings. The van der Waals surface area contributed by atoms with Gasteiger partial charge in [0.15, 0.2) is 0 Å². The van der Waals surface area contributed by atoms with Crippen LogP contribution in [0.2, 0.25) is 0 Å². The number of likely N-dealkylation sites (tertiary alicyclic amines) is 1. The molecule has 3 heteroatoms. The lowest BCUT2D eigenvalue weighted by molar-refractivity contribution is 0.0968. The van der Waals surface area contributed by atoms with Crippen molar-refractivity contribution in [2.75, 3.05) is 39.9 Å². The summed E-state index contributed by atoms with van der Waals surface area (Å²) < 4.78 is 5.41. The minimum Gasteiger partial charge on any atom is -0.384 e. The molecular formula is C13H26N2O. The third-order valence-electron chi connectivity index (χ3n) is 4.53. The van der Waals surface area contributed by atoms with E-state index < -0.39 is 0 Å². The smallest absolute Gasteiger partial charge is 0.0508 e. The van der Waals surface area contributed by atoms with Crippen LogP contribution in [0.25, 0.3) is 0 Å². The van der Waals surface area contributed by atoms with E-state index in [-0.39, 0.29) is 0 Å². The van der Waals surface area contributed by atoms with Gasteiger partial charge in [0.05, 0.1) is 6.61 Å². The molecule has 16 heavy (non-hydrogen) atoms. The lowest BCUT2D eigenvalue weighted by Gasteiger charge is -2.29. The summed E-state index contributed by atoms with van der Waals surface area (Å²) in [4.78, 5) is 2.61. The van der Waals surface area contributed by atoms with Crippen LogP contribution in [0.1, 0.15) is 32.1 Å². The molecule has 0 amide bonds. The molecule has 1 aliphatic carbocycles. The molecule has 1 saturated heterocycles. The summed E-state index contributed by atoms with van der Waals surface area (Å²) in [5.41, 5.74) is 6.18. The monoisotopic (exact) mass is 226 g/mol. The number of ether oxygens (including phenoxy) is 1. The van der Waals surface area contributed by atoms with Crippen molar-refractivity contribution >= 4 is 0 Å². The highest BCUT2D eigenvalue weighted by molar-refractivity contribution is 4.99. The second-order valence-corrected chi connectivity index (χ2v) is 5.60. The van der Waals surface area contributed by atoms with E-state index in [4.69, 9.17) is 10.5 Å². The molecule has 0 aromatic carbocycles. The summed E-state index contributed by atoms with van der Waals surface area (Å²) in [5, 5.41) is 0. The van der Waals surface area contributed by atoms with E-state index in [1.54, 1.807) is 0 Å². The molecule has 94 valence electrons. The van der Waals surface area contributed by atoms with Crippen LogP contribution in [0, 0.1) is 11.3 Å². The molecule has 0 unspecified atom stereocenters. The highest BCUT2D eigenvalue weighted by Crippen LogP contribution is 2.49. The molecule has 0 bridgehead atoms. The standard InChI is InChI=1S/C13H26N2O/c1-16-10-12-9-15(8-4-7-14)11-13(12)5-2-3-6-13/h12H,2-11,14H2,1H3/t12-/m0/s1. The summed E-state index contributed by atoms with van der Waals surface area (Å²) in [7, 11) is 1.84. The van der Waals surface area contributed by atoms with E-state index in [0.29, 0.717) is 5.41 Å². The van der Waals surface area contributed by atoms with Crippen molar-refractivity contribution in [2.24, 2.45) is 17.1 Å². The van der Waals surface area contributed by atoms with E-state index in [9.17, 15) is 0 Å². The van der Waals surface area contributed by atoms with Crippen LogP contribution < -0.4 is 5.73 Å². The Bertz CT molecular complexity index is 214. The Balaban J connectivity index is 1.94. The van der Waals surface area contributed by atoms with Crippen LogP contribution in [0.3, 0.4) is 0 Å². The summed E-state index contributed by atoms with van der Waals surface area (Å²) in [6.45, 7) is 5.46. The Morgan fingerprint density at radius 3 is 2.75 bits per heavy atom. The Labute approximate surface area is 99.3 Å². The predicted molar refractivity (Wildman–Crippen MR) is 66.4 cm³/mol. The molecule has 1 heterocycles.